The molecule has 0 aromatic rings. The second kappa shape index (κ2) is 4.40. The van der Waals surface area contributed by atoms with E-state index in [1.807, 2.05) is 0 Å². The van der Waals surface area contributed by atoms with E-state index < -0.39 is 0 Å². The SMILES string of the molecule is NCC(C1CCCNC1)N1CCC1. The number of nitrogens with two attached hydrogens (primary N) is 1. The summed E-state index contributed by atoms with van der Waals surface area (Å²) in [5.41, 5.74) is 5.84. The van der Waals surface area contributed by atoms with E-state index in [4.69, 9.17) is 5.73 Å². The Morgan fingerprint density at radius 2 is 2.23 bits per heavy atom. The molecule has 0 radical (unpaired) electrons. The van der Waals surface area contributed by atoms with Gasteiger partial charge in [0.25, 0.3) is 0 Å². The third-order valence-corrected chi connectivity index (χ3v) is 3.48. The van der Waals surface area contributed by atoms with Gasteiger partial charge in [0.05, 0.1) is 0 Å². The molecule has 2 aliphatic heterocycles. The Bertz CT molecular complexity index is 150. The molecule has 0 bridgehead atoms. The van der Waals surface area contributed by atoms with Gasteiger partial charge in [-0.1, -0.05) is 0 Å². The molecule has 2 atom stereocenters. The van der Waals surface area contributed by atoms with Crippen molar-refractivity contribution >= 4 is 0 Å². The summed E-state index contributed by atoms with van der Waals surface area (Å²) >= 11 is 0. The quantitative estimate of drug-likeness (QED) is 0.648. The Morgan fingerprint density at radius 3 is 2.69 bits per heavy atom. The van der Waals surface area contributed by atoms with Gasteiger partial charge in [0.15, 0.2) is 0 Å². The monoisotopic (exact) mass is 183 g/mol. The Balaban J connectivity index is 1.86. The van der Waals surface area contributed by atoms with Gasteiger partial charge in [0.2, 0.25) is 0 Å². The van der Waals surface area contributed by atoms with E-state index in [1.165, 1.54) is 45.4 Å². The first kappa shape index (κ1) is 9.44. The van der Waals surface area contributed by atoms with Crippen LogP contribution in [0.25, 0.3) is 0 Å². The molecular formula is C10H21N3. The first-order chi connectivity index (χ1) is 6.42. The molecule has 0 amide bonds. The number of hydrogen-bond acceptors (Lipinski definition) is 3. The van der Waals surface area contributed by atoms with Crippen LogP contribution in [0.1, 0.15) is 19.3 Å². The Hall–Kier alpha value is -0.120. The van der Waals surface area contributed by atoms with E-state index in [1.54, 1.807) is 0 Å². The van der Waals surface area contributed by atoms with Crippen LogP contribution >= 0.6 is 0 Å². The molecule has 2 saturated heterocycles. The summed E-state index contributed by atoms with van der Waals surface area (Å²) in [4.78, 5) is 2.55. The summed E-state index contributed by atoms with van der Waals surface area (Å²) in [5, 5.41) is 3.47. The fourth-order valence-corrected chi connectivity index (χ4v) is 2.52. The zero-order chi connectivity index (χ0) is 9.10. The first-order valence-corrected chi connectivity index (χ1v) is 5.56. The predicted molar refractivity (Wildman–Crippen MR) is 54.6 cm³/mol. The van der Waals surface area contributed by atoms with E-state index in [0.29, 0.717) is 6.04 Å². The van der Waals surface area contributed by atoms with Crippen LogP contribution in [0.2, 0.25) is 0 Å². The van der Waals surface area contributed by atoms with E-state index in [9.17, 15) is 0 Å². The molecule has 0 aromatic heterocycles. The largest absolute Gasteiger partial charge is 0.329 e. The first-order valence-electron chi connectivity index (χ1n) is 5.56. The Kier molecular flexibility index (Phi) is 3.19. The maximum absolute atomic E-state index is 5.84. The Labute approximate surface area is 80.7 Å². The highest BCUT2D eigenvalue weighted by molar-refractivity contribution is 4.87. The summed E-state index contributed by atoms with van der Waals surface area (Å²) in [6.07, 6.45) is 4.07. The van der Waals surface area contributed by atoms with Gasteiger partial charge in [-0.05, 0) is 51.4 Å². The lowest BCUT2D eigenvalue weighted by Crippen LogP contribution is -2.54. The number of piperidine rings is 1. The molecule has 0 spiro atoms. The number of likely N-dealkylation sites (tertiary alicyclic amines) is 1. The fourth-order valence-electron chi connectivity index (χ4n) is 2.52. The molecule has 0 aromatic carbocycles. The standard InChI is InChI=1S/C10H21N3/c11-7-10(13-5-2-6-13)9-3-1-4-12-8-9/h9-10,12H,1-8,11H2. The van der Waals surface area contributed by atoms with Crippen LogP contribution in [0.15, 0.2) is 0 Å². The second-order valence-corrected chi connectivity index (χ2v) is 4.30. The molecule has 2 fully saturated rings. The van der Waals surface area contributed by atoms with Gasteiger partial charge >= 0.3 is 0 Å². The fraction of sp³-hybridized carbons (Fsp3) is 1.00. The number of nitrogens with one attached hydrogen (secondary N) is 1. The molecule has 3 heteroatoms. The lowest BCUT2D eigenvalue weighted by Gasteiger charge is -2.43. The van der Waals surface area contributed by atoms with Gasteiger partial charge in [-0.15, -0.1) is 0 Å². The minimum Gasteiger partial charge on any atom is -0.329 e. The highest BCUT2D eigenvalue weighted by Crippen LogP contribution is 2.22. The van der Waals surface area contributed by atoms with Gasteiger partial charge in [0.1, 0.15) is 0 Å². The van der Waals surface area contributed by atoms with Gasteiger partial charge in [-0.3, -0.25) is 4.90 Å². The van der Waals surface area contributed by atoms with Gasteiger partial charge in [-0.25, -0.2) is 0 Å². The normalized spacial score (nSPS) is 32.5. The van der Waals surface area contributed by atoms with Crippen molar-refractivity contribution in [2.45, 2.75) is 25.3 Å². The van der Waals surface area contributed by atoms with Crippen LogP contribution in [-0.2, 0) is 0 Å². The van der Waals surface area contributed by atoms with Crippen molar-refractivity contribution in [2.75, 3.05) is 32.7 Å². The molecule has 76 valence electrons. The van der Waals surface area contributed by atoms with Crippen LogP contribution in [0.4, 0.5) is 0 Å². The average molecular weight is 183 g/mol. The van der Waals surface area contributed by atoms with Crippen molar-refractivity contribution in [1.29, 1.82) is 0 Å². The summed E-state index contributed by atoms with van der Waals surface area (Å²) in [5.74, 6) is 0.805. The van der Waals surface area contributed by atoms with Crippen molar-refractivity contribution in [2.24, 2.45) is 11.7 Å². The maximum Gasteiger partial charge on any atom is 0.0258 e. The van der Waals surface area contributed by atoms with Crippen molar-refractivity contribution in [3.63, 3.8) is 0 Å². The van der Waals surface area contributed by atoms with Gasteiger partial charge < -0.3 is 11.1 Å². The Morgan fingerprint density at radius 1 is 1.38 bits per heavy atom. The third kappa shape index (κ3) is 2.03. The number of rotatable bonds is 3. The molecular weight excluding hydrogens is 162 g/mol. The maximum atomic E-state index is 5.84. The lowest BCUT2D eigenvalue weighted by molar-refractivity contribution is 0.0723. The highest BCUT2D eigenvalue weighted by atomic mass is 15.2. The minimum absolute atomic E-state index is 0.654. The van der Waals surface area contributed by atoms with Crippen LogP contribution in [0, 0.1) is 5.92 Å². The van der Waals surface area contributed by atoms with Crippen molar-refractivity contribution < 1.29 is 0 Å². The number of nitrogens with zero attached hydrogens (tertiary/aromatic N) is 1. The van der Waals surface area contributed by atoms with Crippen LogP contribution in [-0.4, -0.2) is 43.7 Å². The molecule has 3 N–H and O–H groups in total. The zero-order valence-corrected chi connectivity index (χ0v) is 8.34. The zero-order valence-electron chi connectivity index (χ0n) is 8.34. The molecule has 0 saturated carbocycles. The van der Waals surface area contributed by atoms with E-state index in [2.05, 4.69) is 10.2 Å². The van der Waals surface area contributed by atoms with Crippen LogP contribution < -0.4 is 11.1 Å². The smallest absolute Gasteiger partial charge is 0.0258 e. The highest BCUT2D eigenvalue weighted by Gasteiger charge is 2.30. The predicted octanol–water partition coefficient (Wildman–Crippen LogP) is 0.0190. The van der Waals surface area contributed by atoms with E-state index in [-0.39, 0.29) is 0 Å². The number of hydrogen-bond donors (Lipinski definition) is 2. The lowest BCUT2D eigenvalue weighted by atomic mass is 9.89. The molecule has 2 rings (SSSR count). The molecule has 2 aliphatic rings. The summed E-state index contributed by atoms with van der Waals surface area (Å²) in [6.45, 7) is 5.77. The molecule has 2 heterocycles. The van der Waals surface area contributed by atoms with E-state index in [0.717, 1.165) is 12.5 Å². The molecule has 3 nitrogen and oxygen atoms in total. The summed E-state index contributed by atoms with van der Waals surface area (Å²) < 4.78 is 0. The average Bonchev–Trinajstić information content (AvgIpc) is 2.12. The van der Waals surface area contributed by atoms with Gasteiger partial charge in [-0.2, -0.15) is 0 Å². The topological polar surface area (TPSA) is 41.3 Å². The minimum atomic E-state index is 0.654. The van der Waals surface area contributed by atoms with Crippen molar-refractivity contribution in [3.05, 3.63) is 0 Å². The van der Waals surface area contributed by atoms with Gasteiger partial charge in [0, 0.05) is 12.6 Å². The molecule has 0 aliphatic carbocycles. The van der Waals surface area contributed by atoms with Crippen molar-refractivity contribution in [1.82, 2.24) is 10.2 Å². The van der Waals surface area contributed by atoms with Crippen LogP contribution in [0.3, 0.4) is 0 Å². The second-order valence-electron chi connectivity index (χ2n) is 4.30. The molecule has 2 unspecified atom stereocenters. The third-order valence-electron chi connectivity index (χ3n) is 3.48. The summed E-state index contributed by atoms with van der Waals surface area (Å²) in [7, 11) is 0. The molecule has 13 heavy (non-hydrogen) atoms. The van der Waals surface area contributed by atoms with Crippen LogP contribution in [0.5, 0.6) is 0 Å². The van der Waals surface area contributed by atoms with E-state index >= 15 is 0 Å². The van der Waals surface area contributed by atoms with Crippen molar-refractivity contribution in [3.8, 4) is 0 Å². The summed E-state index contributed by atoms with van der Waals surface area (Å²) in [6, 6.07) is 0.654.